The lowest BCUT2D eigenvalue weighted by Crippen LogP contribution is -2.26. The molecule has 100 valence electrons. The van der Waals surface area contributed by atoms with Gasteiger partial charge in [0.15, 0.2) is 0 Å². The molecule has 0 radical (unpaired) electrons. The molecule has 0 aromatic carbocycles. The van der Waals surface area contributed by atoms with Gasteiger partial charge in [-0.25, -0.2) is 0 Å². The van der Waals surface area contributed by atoms with Gasteiger partial charge in [0.2, 0.25) is 0 Å². The fourth-order valence-corrected chi connectivity index (χ4v) is 3.42. The lowest BCUT2D eigenvalue weighted by atomic mass is 9.99. The first kappa shape index (κ1) is 13.6. The average Bonchev–Trinajstić information content (AvgIpc) is 2.82. The van der Waals surface area contributed by atoms with Crippen molar-refractivity contribution in [1.82, 2.24) is 5.32 Å². The summed E-state index contributed by atoms with van der Waals surface area (Å²) in [4.78, 5) is 14.2. The van der Waals surface area contributed by atoms with Crippen LogP contribution in [0.3, 0.4) is 0 Å². The van der Waals surface area contributed by atoms with Gasteiger partial charge in [-0.15, -0.1) is 11.3 Å². The van der Waals surface area contributed by atoms with Crippen LogP contribution in [0.1, 0.15) is 52.7 Å². The molecule has 1 aliphatic rings. The van der Waals surface area contributed by atoms with Crippen LogP contribution in [-0.2, 0) is 12.8 Å². The number of carbonyl (C=O) groups is 1. The van der Waals surface area contributed by atoms with E-state index < -0.39 is 0 Å². The second kappa shape index (κ2) is 6.34. The van der Waals surface area contributed by atoms with Crippen molar-refractivity contribution in [3.63, 3.8) is 0 Å². The van der Waals surface area contributed by atoms with E-state index in [1.165, 1.54) is 23.3 Å². The molecule has 3 nitrogen and oxygen atoms in total. The molecule has 2 N–H and O–H groups in total. The molecule has 1 heterocycles. The Labute approximate surface area is 112 Å². The second-order valence-electron chi connectivity index (χ2n) is 4.87. The Kier molecular flexibility index (Phi) is 4.78. The van der Waals surface area contributed by atoms with E-state index in [-0.39, 0.29) is 12.0 Å². The number of nitrogens with one attached hydrogen (secondary N) is 1. The van der Waals surface area contributed by atoms with Crippen molar-refractivity contribution in [2.75, 3.05) is 6.54 Å². The quantitative estimate of drug-likeness (QED) is 0.861. The van der Waals surface area contributed by atoms with Crippen LogP contribution in [0.5, 0.6) is 0 Å². The zero-order chi connectivity index (χ0) is 13.0. The first-order valence-electron chi connectivity index (χ1n) is 6.78. The van der Waals surface area contributed by atoms with E-state index in [1.807, 2.05) is 13.0 Å². The Balaban J connectivity index is 1.87. The summed E-state index contributed by atoms with van der Waals surface area (Å²) >= 11 is 1.63. The third-order valence-corrected chi connectivity index (χ3v) is 4.69. The number of aliphatic hydroxyl groups is 1. The van der Waals surface area contributed by atoms with Gasteiger partial charge in [-0.1, -0.05) is 6.92 Å². The lowest BCUT2D eigenvalue weighted by molar-refractivity contribution is 0.0946. The summed E-state index contributed by atoms with van der Waals surface area (Å²) in [5, 5.41) is 12.3. The molecular formula is C14H21NO2S. The van der Waals surface area contributed by atoms with E-state index in [0.717, 1.165) is 24.1 Å². The maximum absolute atomic E-state index is 11.9. The summed E-state index contributed by atoms with van der Waals surface area (Å²) in [5.41, 5.74) is 1.37. The highest BCUT2D eigenvalue weighted by molar-refractivity contribution is 7.14. The number of rotatable bonds is 5. The number of amides is 1. The van der Waals surface area contributed by atoms with E-state index in [2.05, 4.69) is 5.32 Å². The Morgan fingerprint density at radius 3 is 3.00 bits per heavy atom. The van der Waals surface area contributed by atoms with Crippen LogP contribution in [0, 0.1) is 0 Å². The van der Waals surface area contributed by atoms with Crippen molar-refractivity contribution in [1.29, 1.82) is 0 Å². The van der Waals surface area contributed by atoms with E-state index in [1.54, 1.807) is 11.3 Å². The summed E-state index contributed by atoms with van der Waals surface area (Å²) < 4.78 is 0. The van der Waals surface area contributed by atoms with Gasteiger partial charge in [-0.05, 0) is 50.2 Å². The molecule has 1 amide bonds. The normalized spacial score (nSPS) is 16.1. The predicted octanol–water partition coefficient (Wildman–Crippen LogP) is 2.52. The molecule has 0 aliphatic heterocycles. The highest BCUT2D eigenvalue weighted by atomic mass is 32.1. The van der Waals surface area contributed by atoms with E-state index in [9.17, 15) is 9.90 Å². The van der Waals surface area contributed by atoms with Crippen molar-refractivity contribution < 1.29 is 9.90 Å². The van der Waals surface area contributed by atoms with Gasteiger partial charge in [-0.2, -0.15) is 0 Å². The van der Waals surface area contributed by atoms with Crippen molar-refractivity contribution in [3.05, 3.63) is 21.4 Å². The molecule has 18 heavy (non-hydrogen) atoms. The number of fused-ring (bicyclic) bond motifs is 1. The fraction of sp³-hybridized carbons (Fsp3) is 0.643. The van der Waals surface area contributed by atoms with E-state index >= 15 is 0 Å². The smallest absolute Gasteiger partial charge is 0.261 e. The average molecular weight is 267 g/mol. The third-order valence-electron chi connectivity index (χ3n) is 3.45. The largest absolute Gasteiger partial charge is 0.393 e. The van der Waals surface area contributed by atoms with Gasteiger partial charge in [0.05, 0.1) is 11.0 Å². The summed E-state index contributed by atoms with van der Waals surface area (Å²) in [5.74, 6) is 0.0118. The minimum atomic E-state index is -0.304. The molecule has 2 rings (SSSR count). The Morgan fingerprint density at radius 1 is 1.50 bits per heavy atom. The molecule has 0 fully saturated rings. The topological polar surface area (TPSA) is 49.3 Å². The van der Waals surface area contributed by atoms with E-state index in [4.69, 9.17) is 0 Å². The van der Waals surface area contributed by atoms with E-state index in [0.29, 0.717) is 13.0 Å². The van der Waals surface area contributed by atoms with Crippen LogP contribution >= 0.6 is 11.3 Å². The highest BCUT2D eigenvalue weighted by Crippen LogP contribution is 2.29. The predicted molar refractivity (Wildman–Crippen MR) is 74.2 cm³/mol. The molecule has 0 bridgehead atoms. The standard InChI is InChI=1S/C14H21NO2S/c1-2-11(16)7-8-15-14(17)13-9-10-5-3-4-6-12(10)18-13/h9,11,16H,2-8H2,1H3,(H,15,17). The molecule has 1 aromatic heterocycles. The lowest BCUT2D eigenvalue weighted by Gasteiger charge is -2.08. The van der Waals surface area contributed by atoms with Gasteiger partial charge in [0, 0.05) is 11.4 Å². The van der Waals surface area contributed by atoms with Crippen molar-refractivity contribution in [2.45, 2.75) is 51.6 Å². The van der Waals surface area contributed by atoms with Crippen LogP contribution in [0.15, 0.2) is 6.07 Å². The molecule has 0 saturated heterocycles. The first-order valence-corrected chi connectivity index (χ1v) is 7.60. The summed E-state index contributed by atoms with van der Waals surface area (Å²) in [6.45, 7) is 2.50. The minimum Gasteiger partial charge on any atom is -0.393 e. The van der Waals surface area contributed by atoms with Crippen molar-refractivity contribution >= 4 is 17.2 Å². The van der Waals surface area contributed by atoms with Crippen LogP contribution < -0.4 is 5.32 Å². The van der Waals surface area contributed by atoms with Crippen LogP contribution in [-0.4, -0.2) is 23.7 Å². The van der Waals surface area contributed by atoms with Gasteiger partial charge in [0.25, 0.3) is 5.91 Å². The van der Waals surface area contributed by atoms with Crippen LogP contribution in [0.25, 0.3) is 0 Å². The molecule has 1 aliphatic carbocycles. The fourth-order valence-electron chi connectivity index (χ4n) is 2.25. The number of hydrogen-bond acceptors (Lipinski definition) is 3. The van der Waals surface area contributed by atoms with Gasteiger partial charge >= 0.3 is 0 Å². The number of aryl methyl sites for hydroxylation is 2. The SMILES string of the molecule is CCC(O)CCNC(=O)c1cc2c(s1)CCCC2. The van der Waals surface area contributed by atoms with Crippen molar-refractivity contribution in [3.8, 4) is 0 Å². The summed E-state index contributed by atoms with van der Waals surface area (Å²) in [6.07, 6.45) is 5.80. The molecule has 1 atom stereocenters. The monoisotopic (exact) mass is 267 g/mol. The number of thiophene rings is 1. The Morgan fingerprint density at radius 2 is 2.28 bits per heavy atom. The molecule has 0 spiro atoms. The zero-order valence-electron chi connectivity index (χ0n) is 10.9. The second-order valence-corrected chi connectivity index (χ2v) is 6.01. The number of hydrogen-bond donors (Lipinski definition) is 2. The molecule has 1 aromatic rings. The zero-order valence-corrected chi connectivity index (χ0v) is 11.7. The minimum absolute atomic E-state index is 0.0118. The van der Waals surface area contributed by atoms with Crippen LogP contribution in [0.4, 0.5) is 0 Å². The van der Waals surface area contributed by atoms with Crippen molar-refractivity contribution in [2.24, 2.45) is 0 Å². The maximum Gasteiger partial charge on any atom is 0.261 e. The van der Waals surface area contributed by atoms with Gasteiger partial charge in [0.1, 0.15) is 0 Å². The summed E-state index contributed by atoms with van der Waals surface area (Å²) in [6, 6.07) is 2.05. The van der Waals surface area contributed by atoms with Gasteiger partial charge < -0.3 is 10.4 Å². The maximum atomic E-state index is 11.9. The Bertz CT molecular complexity index is 390. The summed E-state index contributed by atoms with van der Waals surface area (Å²) in [7, 11) is 0. The number of carbonyl (C=O) groups excluding carboxylic acids is 1. The molecule has 4 heteroatoms. The van der Waals surface area contributed by atoms with Gasteiger partial charge in [-0.3, -0.25) is 4.79 Å². The Hall–Kier alpha value is -0.870. The number of aliphatic hydroxyl groups excluding tert-OH is 1. The highest BCUT2D eigenvalue weighted by Gasteiger charge is 2.17. The third kappa shape index (κ3) is 3.33. The first-order chi connectivity index (χ1) is 8.70. The van der Waals surface area contributed by atoms with Crippen LogP contribution in [0.2, 0.25) is 0 Å². The molecule has 1 unspecified atom stereocenters. The molecule has 0 saturated carbocycles. The molecular weight excluding hydrogens is 246 g/mol.